The number of hydrogen-bond donors (Lipinski definition) is 2. The number of carbonyl (C=O) groups is 1. The first-order valence-corrected chi connectivity index (χ1v) is 5.53. The van der Waals surface area contributed by atoms with Crippen molar-refractivity contribution < 1.29 is 9.90 Å². The Kier molecular flexibility index (Phi) is 4.92. The van der Waals surface area contributed by atoms with Crippen molar-refractivity contribution in [2.75, 3.05) is 5.32 Å². The first-order chi connectivity index (χ1) is 7.69. The van der Waals surface area contributed by atoms with E-state index in [1.807, 2.05) is 13.8 Å². The fourth-order valence-electron chi connectivity index (χ4n) is 1.49. The van der Waals surface area contributed by atoms with E-state index in [4.69, 9.17) is 5.11 Å². The molecule has 0 aliphatic heterocycles. The maximum Gasteiger partial charge on any atom is 0.227 e. The summed E-state index contributed by atoms with van der Waals surface area (Å²) in [7, 11) is 0. The highest BCUT2D eigenvalue weighted by Gasteiger charge is 2.13. The summed E-state index contributed by atoms with van der Waals surface area (Å²) in [6, 6.07) is 1.69. The molecule has 16 heavy (non-hydrogen) atoms. The smallest absolute Gasteiger partial charge is 0.227 e. The zero-order valence-electron chi connectivity index (χ0n) is 9.73. The van der Waals surface area contributed by atoms with Crippen LogP contribution >= 0.6 is 0 Å². The maximum atomic E-state index is 11.7. The summed E-state index contributed by atoms with van der Waals surface area (Å²) in [4.78, 5) is 15.7. The van der Waals surface area contributed by atoms with E-state index in [9.17, 15) is 4.79 Å². The first kappa shape index (κ1) is 12.6. The van der Waals surface area contributed by atoms with Gasteiger partial charge in [0.1, 0.15) is 0 Å². The zero-order chi connectivity index (χ0) is 12.0. The molecule has 1 rings (SSSR count). The molecule has 1 amide bonds. The van der Waals surface area contributed by atoms with Gasteiger partial charge in [-0.3, -0.25) is 9.78 Å². The van der Waals surface area contributed by atoms with Crippen LogP contribution in [0, 0.1) is 5.92 Å². The molecule has 0 saturated carbocycles. The Morgan fingerprint density at radius 3 is 3.00 bits per heavy atom. The van der Waals surface area contributed by atoms with Gasteiger partial charge in [-0.25, -0.2) is 0 Å². The lowest BCUT2D eigenvalue weighted by Crippen LogP contribution is -2.21. The van der Waals surface area contributed by atoms with Gasteiger partial charge in [-0.1, -0.05) is 20.3 Å². The Bertz CT molecular complexity index is 353. The van der Waals surface area contributed by atoms with E-state index in [2.05, 4.69) is 10.3 Å². The van der Waals surface area contributed by atoms with Gasteiger partial charge >= 0.3 is 0 Å². The number of aromatic nitrogens is 1. The Labute approximate surface area is 95.7 Å². The van der Waals surface area contributed by atoms with Gasteiger partial charge in [0.2, 0.25) is 5.91 Å². The molecule has 0 bridgehead atoms. The maximum absolute atomic E-state index is 11.7. The largest absolute Gasteiger partial charge is 0.392 e. The molecule has 1 aromatic rings. The minimum Gasteiger partial charge on any atom is -0.392 e. The fraction of sp³-hybridized carbons (Fsp3) is 0.500. The van der Waals surface area contributed by atoms with Crippen molar-refractivity contribution in [1.29, 1.82) is 0 Å². The topological polar surface area (TPSA) is 62.2 Å². The van der Waals surface area contributed by atoms with E-state index in [1.54, 1.807) is 18.5 Å². The number of amides is 1. The molecule has 1 heterocycles. The molecule has 4 nitrogen and oxygen atoms in total. The van der Waals surface area contributed by atoms with Gasteiger partial charge < -0.3 is 10.4 Å². The number of carbonyl (C=O) groups excluding carboxylic acids is 1. The van der Waals surface area contributed by atoms with E-state index in [-0.39, 0.29) is 18.4 Å². The molecule has 0 radical (unpaired) electrons. The third-order valence-corrected chi connectivity index (χ3v) is 2.51. The van der Waals surface area contributed by atoms with Crippen LogP contribution in [0.1, 0.15) is 32.3 Å². The number of nitrogens with one attached hydrogen (secondary N) is 1. The Morgan fingerprint density at radius 1 is 1.62 bits per heavy atom. The minimum absolute atomic E-state index is 0.0169. The van der Waals surface area contributed by atoms with E-state index >= 15 is 0 Å². The first-order valence-electron chi connectivity index (χ1n) is 5.53. The van der Waals surface area contributed by atoms with Gasteiger partial charge in [-0.15, -0.1) is 0 Å². The molecule has 1 aromatic heterocycles. The molecule has 0 spiro atoms. The predicted octanol–water partition coefficient (Wildman–Crippen LogP) is 1.95. The Balaban J connectivity index is 2.69. The predicted molar refractivity (Wildman–Crippen MR) is 62.9 cm³/mol. The van der Waals surface area contributed by atoms with Crippen molar-refractivity contribution in [2.24, 2.45) is 5.92 Å². The Hall–Kier alpha value is -1.42. The van der Waals surface area contributed by atoms with E-state index in [0.717, 1.165) is 12.8 Å². The summed E-state index contributed by atoms with van der Waals surface area (Å²) < 4.78 is 0. The van der Waals surface area contributed by atoms with Crippen LogP contribution in [0.3, 0.4) is 0 Å². The number of anilines is 1. The molecule has 88 valence electrons. The van der Waals surface area contributed by atoms with Crippen molar-refractivity contribution in [1.82, 2.24) is 4.98 Å². The number of aliphatic hydroxyl groups is 1. The van der Waals surface area contributed by atoms with Crippen LogP contribution in [0.15, 0.2) is 18.5 Å². The number of hydrogen-bond acceptors (Lipinski definition) is 3. The molecule has 2 N–H and O–H groups in total. The molecular formula is C12H18N2O2. The Morgan fingerprint density at radius 2 is 2.38 bits per heavy atom. The third-order valence-electron chi connectivity index (χ3n) is 2.51. The summed E-state index contributed by atoms with van der Waals surface area (Å²) in [6.07, 6.45) is 4.99. The lowest BCUT2D eigenvalue weighted by atomic mass is 10.1. The van der Waals surface area contributed by atoms with Crippen LogP contribution in [-0.4, -0.2) is 16.0 Å². The van der Waals surface area contributed by atoms with Crippen molar-refractivity contribution in [3.63, 3.8) is 0 Å². The lowest BCUT2D eigenvalue weighted by molar-refractivity contribution is -0.119. The summed E-state index contributed by atoms with van der Waals surface area (Å²) in [5.41, 5.74) is 1.28. The molecule has 0 aliphatic rings. The third kappa shape index (κ3) is 3.31. The van der Waals surface area contributed by atoms with Crippen molar-refractivity contribution >= 4 is 11.6 Å². The summed E-state index contributed by atoms with van der Waals surface area (Å²) in [6.45, 7) is 3.85. The van der Waals surface area contributed by atoms with Crippen molar-refractivity contribution in [3.8, 4) is 0 Å². The van der Waals surface area contributed by atoms with Crippen LogP contribution in [0.2, 0.25) is 0 Å². The quantitative estimate of drug-likeness (QED) is 0.800. The van der Waals surface area contributed by atoms with Crippen LogP contribution in [0.4, 0.5) is 5.69 Å². The van der Waals surface area contributed by atoms with Crippen molar-refractivity contribution in [2.45, 2.75) is 33.3 Å². The average molecular weight is 222 g/mol. The van der Waals surface area contributed by atoms with E-state index < -0.39 is 0 Å². The summed E-state index contributed by atoms with van der Waals surface area (Å²) in [5.74, 6) is -0.0405. The van der Waals surface area contributed by atoms with Crippen LogP contribution in [0.25, 0.3) is 0 Å². The second-order valence-electron chi connectivity index (χ2n) is 3.87. The highest BCUT2D eigenvalue weighted by atomic mass is 16.3. The number of pyridine rings is 1. The van der Waals surface area contributed by atoms with Gasteiger partial charge in [0, 0.05) is 17.7 Å². The summed E-state index contributed by atoms with van der Waals surface area (Å²) >= 11 is 0. The molecule has 0 saturated heterocycles. The highest BCUT2D eigenvalue weighted by Crippen LogP contribution is 2.15. The standard InChI is InChI=1S/C12H18N2O2/c1-3-4-9(2)12(16)14-11-7-13-6-5-10(11)8-15/h5-7,9,15H,3-4,8H2,1-2H3,(H,14,16). The molecule has 1 unspecified atom stereocenters. The average Bonchev–Trinajstić information content (AvgIpc) is 2.30. The minimum atomic E-state index is -0.0969. The molecular weight excluding hydrogens is 204 g/mol. The van der Waals surface area contributed by atoms with Crippen molar-refractivity contribution in [3.05, 3.63) is 24.0 Å². The molecule has 0 fully saturated rings. The highest BCUT2D eigenvalue weighted by molar-refractivity contribution is 5.92. The normalized spacial score (nSPS) is 12.2. The van der Waals surface area contributed by atoms with Gasteiger partial charge in [-0.2, -0.15) is 0 Å². The number of nitrogens with zero attached hydrogens (tertiary/aromatic N) is 1. The SMILES string of the molecule is CCCC(C)C(=O)Nc1cnccc1CO. The van der Waals surface area contributed by atoms with Crippen LogP contribution < -0.4 is 5.32 Å². The van der Waals surface area contributed by atoms with E-state index in [0.29, 0.717) is 11.3 Å². The second-order valence-corrected chi connectivity index (χ2v) is 3.87. The van der Waals surface area contributed by atoms with Gasteiger partial charge in [0.25, 0.3) is 0 Å². The molecule has 4 heteroatoms. The monoisotopic (exact) mass is 222 g/mol. The van der Waals surface area contributed by atoms with Crippen LogP contribution in [0.5, 0.6) is 0 Å². The van der Waals surface area contributed by atoms with E-state index in [1.165, 1.54) is 0 Å². The number of aliphatic hydroxyl groups excluding tert-OH is 1. The van der Waals surface area contributed by atoms with Gasteiger partial charge in [-0.05, 0) is 12.5 Å². The molecule has 0 aliphatic carbocycles. The molecule has 0 aromatic carbocycles. The number of rotatable bonds is 5. The summed E-state index contributed by atoms with van der Waals surface area (Å²) in [5, 5.41) is 11.9. The zero-order valence-corrected chi connectivity index (χ0v) is 9.73. The molecule has 1 atom stereocenters. The van der Waals surface area contributed by atoms with Gasteiger partial charge in [0.15, 0.2) is 0 Å². The van der Waals surface area contributed by atoms with Crippen LogP contribution in [-0.2, 0) is 11.4 Å². The fourth-order valence-corrected chi connectivity index (χ4v) is 1.49. The lowest BCUT2D eigenvalue weighted by Gasteiger charge is -2.12. The van der Waals surface area contributed by atoms with Gasteiger partial charge in [0.05, 0.1) is 18.5 Å². The second kappa shape index (κ2) is 6.23.